The van der Waals surface area contributed by atoms with Crippen LogP contribution < -0.4 is 20.1 Å². The van der Waals surface area contributed by atoms with Crippen molar-refractivity contribution in [2.75, 3.05) is 12.1 Å². The lowest BCUT2D eigenvalue weighted by Gasteiger charge is -2.11. The van der Waals surface area contributed by atoms with E-state index in [1.54, 1.807) is 0 Å². The molecule has 1 aliphatic heterocycles. The van der Waals surface area contributed by atoms with E-state index >= 15 is 0 Å². The molecule has 21 heavy (non-hydrogen) atoms. The number of ether oxygens (including phenoxy) is 2. The molecule has 6 heteroatoms. The SMILES string of the molecule is S=C(NCc1cccc(Cl)c1)Nc1ccc2c(c1)OCO2. The van der Waals surface area contributed by atoms with Crippen molar-refractivity contribution in [2.45, 2.75) is 6.54 Å². The molecule has 2 aromatic rings. The topological polar surface area (TPSA) is 42.5 Å². The van der Waals surface area contributed by atoms with Crippen LogP contribution in [0.2, 0.25) is 5.02 Å². The molecule has 108 valence electrons. The van der Waals surface area contributed by atoms with Crippen molar-refractivity contribution in [1.82, 2.24) is 5.32 Å². The quantitative estimate of drug-likeness (QED) is 0.847. The van der Waals surface area contributed by atoms with Gasteiger partial charge < -0.3 is 20.1 Å². The van der Waals surface area contributed by atoms with Gasteiger partial charge in [0, 0.05) is 23.3 Å². The zero-order valence-corrected chi connectivity index (χ0v) is 12.6. The molecule has 0 atom stereocenters. The average molecular weight is 321 g/mol. The summed E-state index contributed by atoms with van der Waals surface area (Å²) in [5.74, 6) is 1.47. The van der Waals surface area contributed by atoms with Crippen LogP contribution in [0.5, 0.6) is 11.5 Å². The minimum atomic E-state index is 0.260. The maximum atomic E-state index is 5.94. The minimum absolute atomic E-state index is 0.260. The van der Waals surface area contributed by atoms with Crippen LogP contribution >= 0.6 is 23.8 Å². The zero-order chi connectivity index (χ0) is 14.7. The van der Waals surface area contributed by atoms with E-state index in [0.29, 0.717) is 16.7 Å². The van der Waals surface area contributed by atoms with Gasteiger partial charge in [-0.2, -0.15) is 0 Å². The van der Waals surface area contributed by atoms with E-state index in [4.69, 9.17) is 33.3 Å². The van der Waals surface area contributed by atoms with E-state index in [9.17, 15) is 0 Å². The van der Waals surface area contributed by atoms with E-state index in [-0.39, 0.29) is 6.79 Å². The Morgan fingerprint density at radius 1 is 1.14 bits per heavy atom. The Labute approximate surface area is 133 Å². The summed E-state index contributed by atoms with van der Waals surface area (Å²) in [6, 6.07) is 13.2. The van der Waals surface area contributed by atoms with Crippen LogP contribution in [0.25, 0.3) is 0 Å². The molecule has 0 unspecified atom stereocenters. The number of benzene rings is 2. The summed E-state index contributed by atoms with van der Waals surface area (Å²) < 4.78 is 10.6. The largest absolute Gasteiger partial charge is 0.454 e. The number of anilines is 1. The molecule has 2 aromatic carbocycles. The lowest BCUT2D eigenvalue weighted by atomic mass is 10.2. The first-order valence-electron chi connectivity index (χ1n) is 6.40. The summed E-state index contributed by atoms with van der Waals surface area (Å²) in [5, 5.41) is 7.49. The molecule has 0 aromatic heterocycles. The summed E-state index contributed by atoms with van der Waals surface area (Å²) in [6.45, 7) is 0.868. The first-order chi connectivity index (χ1) is 10.2. The molecule has 2 N–H and O–H groups in total. The molecule has 3 rings (SSSR count). The van der Waals surface area contributed by atoms with Crippen molar-refractivity contribution in [3.8, 4) is 11.5 Å². The van der Waals surface area contributed by atoms with Crippen LogP contribution in [0.1, 0.15) is 5.56 Å². The van der Waals surface area contributed by atoms with Crippen LogP contribution in [0.15, 0.2) is 42.5 Å². The number of thiocarbonyl (C=S) groups is 1. The van der Waals surface area contributed by atoms with Crippen molar-refractivity contribution in [1.29, 1.82) is 0 Å². The van der Waals surface area contributed by atoms with Crippen molar-refractivity contribution >= 4 is 34.6 Å². The maximum absolute atomic E-state index is 5.94. The maximum Gasteiger partial charge on any atom is 0.231 e. The predicted octanol–water partition coefficient (Wildman–Crippen LogP) is 3.56. The van der Waals surface area contributed by atoms with E-state index in [1.807, 2.05) is 42.5 Å². The first-order valence-corrected chi connectivity index (χ1v) is 7.18. The second-order valence-electron chi connectivity index (χ2n) is 4.51. The zero-order valence-electron chi connectivity index (χ0n) is 11.1. The Balaban J connectivity index is 1.57. The highest BCUT2D eigenvalue weighted by molar-refractivity contribution is 7.80. The summed E-state index contributed by atoms with van der Waals surface area (Å²) in [4.78, 5) is 0. The highest BCUT2D eigenvalue weighted by Crippen LogP contribution is 2.34. The second kappa shape index (κ2) is 6.20. The van der Waals surface area contributed by atoms with Crippen molar-refractivity contribution in [3.63, 3.8) is 0 Å². The van der Waals surface area contributed by atoms with Gasteiger partial charge in [-0.25, -0.2) is 0 Å². The number of hydrogen-bond acceptors (Lipinski definition) is 3. The standard InChI is InChI=1S/C15H13ClN2O2S/c16-11-3-1-2-10(6-11)8-17-15(21)18-12-4-5-13-14(7-12)20-9-19-13/h1-7H,8-9H2,(H2,17,18,21). The number of nitrogens with one attached hydrogen (secondary N) is 2. The fourth-order valence-corrected chi connectivity index (χ4v) is 2.38. The lowest BCUT2D eigenvalue weighted by molar-refractivity contribution is 0.174. The molecule has 0 saturated carbocycles. The Morgan fingerprint density at radius 2 is 2.00 bits per heavy atom. The van der Waals surface area contributed by atoms with Crippen molar-refractivity contribution in [2.24, 2.45) is 0 Å². The summed E-state index contributed by atoms with van der Waals surface area (Å²) in [5.41, 5.74) is 1.92. The Morgan fingerprint density at radius 3 is 2.86 bits per heavy atom. The molecule has 0 radical (unpaired) electrons. The molecular formula is C15H13ClN2O2S. The third-order valence-electron chi connectivity index (χ3n) is 2.97. The fraction of sp³-hybridized carbons (Fsp3) is 0.133. The third kappa shape index (κ3) is 3.56. The van der Waals surface area contributed by atoms with Crippen LogP contribution in [0.4, 0.5) is 5.69 Å². The van der Waals surface area contributed by atoms with E-state index < -0.39 is 0 Å². The van der Waals surface area contributed by atoms with Gasteiger partial charge in [-0.05, 0) is 42.0 Å². The molecule has 0 bridgehead atoms. The molecule has 0 saturated heterocycles. The van der Waals surface area contributed by atoms with E-state index in [1.165, 1.54) is 0 Å². The van der Waals surface area contributed by atoms with Crippen molar-refractivity contribution < 1.29 is 9.47 Å². The Kier molecular flexibility index (Phi) is 4.13. The van der Waals surface area contributed by atoms with Gasteiger partial charge in [0.25, 0.3) is 0 Å². The van der Waals surface area contributed by atoms with Crippen molar-refractivity contribution in [3.05, 3.63) is 53.1 Å². The van der Waals surface area contributed by atoms with Gasteiger partial charge in [-0.3, -0.25) is 0 Å². The summed E-state index contributed by atoms with van der Waals surface area (Å²) >= 11 is 11.2. The fourth-order valence-electron chi connectivity index (χ4n) is 1.98. The van der Waals surface area contributed by atoms with Crippen LogP contribution in [0, 0.1) is 0 Å². The van der Waals surface area contributed by atoms with Crippen LogP contribution in [-0.4, -0.2) is 11.9 Å². The monoisotopic (exact) mass is 320 g/mol. The molecular weight excluding hydrogens is 308 g/mol. The van der Waals surface area contributed by atoms with Gasteiger partial charge in [0.05, 0.1) is 0 Å². The highest BCUT2D eigenvalue weighted by atomic mass is 35.5. The molecule has 0 amide bonds. The van der Waals surface area contributed by atoms with E-state index in [2.05, 4.69) is 10.6 Å². The lowest BCUT2D eigenvalue weighted by Crippen LogP contribution is -2.27. The predicted molar refractivity (Wildman–Crippen MR) is 87.1 cm³/mol. The Hall–Kier alpha value is -1.98. The number of halogens is 1. The molecule has 0 spiro atoms. The molecule has 1 aliphatic rings. The van der Waals surface area contributed by atoms with Gasteiger partial charge >= 0.3 is 0 Å². The minimum Gasteiger partial charge on any atom is -0.454 e. The van der Waals surface area contributed by atoms with Gasteiger partial charge in [-0.1, -0.05) is 23.7 Å². The molecule has 0 aliphatic carbocycles. The second-order valence-corrected chi connectivity index (χ2v) is 5.35. The van der Waals surface area contributed by atoms with Gasteiger partial charge in [0.2, 0.25) is 6.79 Å². The average Bonchev–Trinajstić information content (AvgIpc) is 2.93. The normalized spacial score (nSPS) is 12.0. The number of rotatable bonds is 3. The Bertz CT molecular complexity index is 678. The summed E-state index contributed by atoms with van der Waals surface area (Å²) in [6.07, 6.45) is 0. The van der Waals surface area contributed by atoms with E-state index in [0.717, 1.165) is 22.7 Å². The molecule has 4 nitrogen and oxygen atoms in total. The number of hydrogen-bond donors (Lipinski definition) is 2. The highest BCUT2D eigenvalue weighted by Gasteiger charge is 2.13. The van der Waals surface area contributed by atoms with Gasteiger partial charge in [0.1, 0.15) is 0 Å². The first kappa shape index (κ1) is 14.0. The molecule has 1 heterocycles. The van der Waals surface area contributed by atoms with Gasteiger partial charge in [-0.15, -0.1) is 0 Å². The third-order valence-corrected chi connectivity index (χ3v) is 3.45. The van der Waals surface area contributed by atoms with Crippen LogP contribution in [0.3, 0.4) is 0 Å². The van der Waals surface area contributed by atoms with Gasteiger partial charge in [0.15, 0.2) is 16.6 Å². The van der Waals surface area contributed by atoms with Crippen LogP contribution in [-0.2, 0) is 6.54 Å². The summed E-state index contributed by atoms with van der Waals surface area (Å²) in [7, 11) is 0. The molecule has 0 fully saturated rings. The smallest absolute Gasteiger partial charge is 0.231 e. The number of fused-ring (bicyclic) bond motifs is 1.